The summed E-state index contributed by atoms with van der Waals surface area (Å²) >= 11 is 0. The normalized spacial score (nSPS) is 13.2. The van der Waals surface area contributed by atoms with Crippen molar-refractivity contribution in [2.45, 2.75) is 51.4 Å². The van der Waals surface area contributed by atoms with Crippen molar-refractivity contribution < 1.29 is 9.53 Å². The summed E-state index contributed by atoms with van der Waals surface area (Å²) in [4.78, 5) is 10.8. The molecule has 0 rings (SSSR count). The van der Waals surface area contributed by atoms with Crippen LogP contribution in [0.25, 0.3) is 0 Å². The van der Waals surface area contributed by atoms with Crippen molar-refractivity contribution in [3.05, 3.63) is 12.2 Å². The van der Waals surface area contributed by atoms with Crippen LogP contribution in [0.3, 0.4) is 0 Å². The van der Waals surface area contributed by atoms with Gasteiger partial charge in [0.05, 0.1) is 15.2 Å². The molecule has 15 heavy (non-hydrogen) atoms. The van der Waals surface area contributed by atoms with E-state index in [-0.39, 0.29) is 5.97 Å². The van der Waals surface area contributed by atoms with E-state index in [0.29, 0.717) is 5.04 Å². The zero-order valence-electron chi connectivity index (χ0n) is 10.9. The fourth-order valence-corrected chi connectivity index (χ4v) is 2.71. The highest BCUT2D eigenvalue weighted by atomic mass is 28.3. The minimum absolute atomic E-state index is 0.259. The molecule has 88 valence electrons. The molecule has 0 aromatic heterocycles. The highest BCUT2D eigenvalue weighted by Crippen LogP contribution is 2.39. The third kappa shape index (κ3) is 5.16. The smallest absolute Gasteiger partial charge is 0.330 e. The molecule has 0 amide bonds. The Morgan fingerprint density at radius 1 is 1.33 bits per heavy atom. The molecular weight excluding hydrogens is 204 g/mol. The molecule has 0 saturated carbocycles. The standard InChI is InChI=1S/C12H24O2Si/c1-12(2,3)15(5,6)10-8-7-9-11(13)14-4/h7,9H,8,10H2,1-6H3/b9-7+. The average Bonchev–Trinajstić information content (AvgIpc) is 2.10. The Morgan fingerprint density at radius 2 is 1.87 bits per heavy atom. The van der Waals surface area contributed by atoms with E-state index in [1.807, 2.05) is 6.08 Å². The van der Waals surface area contributed by atoms with Crippen LogP contribution in [0.5, 0.6) is 0 Å². The van der Waals surface area contributed by atoms with Crippen LogP contribution in [0, 0.1) is 0 Å². The SMILES string of the molecule is COC(=O)/C=C/CC[Si](C)(C)C(C)(C)C. The van der Waals surface area contributed by atoms with Crippen molar-refractivity contribution in [1.82, 2.24) is 0 Å². The van der Waals surface area contributed by atoms with Crippen molar-refractivity contribution in [1.29, 1.82) is 0 Å². The second kappa shape index (κ2) is 5.49. The lowest BCUT2D eigenvalue weighted by Gasteiger charge is -2.36. The summed E-state index contributed by atoms with van der Waals surface area (Å²) in [7, 11) is 0.213. The van der Waals surface area contributed by atoms with Gasteiger partial charge in [-0.3, -0.25) is 0 Å². The predicted molar refractivity (Wildman–Crippen MR) is 67.8 cm³/mol. The molecule has 0 atom stereocenters. The molecular formula is C12H24O2Si. The van der Waals surface area contributed by atoms with Gasteiger partial charge in [0.15, 0.2) is 0 Å². The van der Waals surface area contributed by atoms with Gasteiger partial charge in [0.1, 0.15) is 0 Å². The average molecular weight is 228 g/mol. The molecule has 0 fully saturated rings. The predicted octanol–water partition coefficient (Wildman–Crippen LogP) is 3.61. The molecule has 3 heteroatoms. The number of hydrogen-bond donors (Lipinski definition) is 0. The Balaban J connectivity index is 4.07. The van der Waals surface area contributed by atoms with Crippen LogP contribution in [-0.2, 0) is 9.53 Å². The van der Waals surface area contributed by atoms with Gasteiger partial charge in [0.2, 0.25) is 0 Å². The van der Waals surface area contributed by atoms with Crippen molar-refractivity contribution in [3.63, 3.8) is 0 Å². The number of ether oxygens (including phenoxy) is 1. The summed E-state index contributed by atoms with van der Waals surface area (Å²) in [6.07, 6.45) is 4.42. The fraction of sp³-hybridized carbons (Fsp3) is 0.750. The quantitative estimate of drug-likeness (QED) is 0.417. The first-order valence-electron chi connectivity index (χ1n) is 5.45. The highest BCUT2D eigenvalue weighted by Gasteiger charge is 2.33. The Kier molecular flexibility index (Phi) is 5.28. The van der Waals surface area contributed by atoms with Crippen LogP contribution in [0.4, 0.5) is 0 Å². The van der Waals surface area contributed by atoms with Gasteiger partial charge in [0, 0.05) is 6.08 Å². The first kappa shape index (κ1) is 14.4. The van der Waals surface area contributed by atoms with E-state index in [0.717, 1.165) is 6.42 Å². The topological polar surface area (TPSA) is 26.3 Å². The van der Waals surface area contributed by atoms with Gasteiger partial charge < -0.3 is 4.74 Å². The van der Waals surface area contributed by atoms with Crippen molar-refractivity contribution >= 4 is 14.0 Å². The Morgan fingerprint density at radius 3 is 2.27 bits per heavy atom. The van der Waals surface area contributed by atoms with Crippen LogP contribution in [0.2, 0.25) is 24.2 Å². The number of methoxy groups -OCH3 is 1. The maximum atomic E-state index is 10.8. The lowest BCUT2D eigenvalue weighted by Crippen LogP contribution is -2.36. The van der Waals surface area contributed by atoms with Crippen LogP contribution in [-0.4, -0.2) is 21.2 Å². The molecule has 0 radical (unpaired) electrons. The zero-order valence-corrected chi connectivity index (χ0v) is 11.9. The summed E-state index contributed by atoms with van der Waals surface area (Å²) < 4.78 is 4.54. The molecule has 2 nitrogen and oxygen atoms in total. The maximum Gasteiger partial charge on any atom is 0.330 e. The summed E-state index contributed by atoms with van der Waals surface area (Å²) in [5, 5.41) is 0.423. The second-order valence-corrected chi connectivity index (χ2v) is 11.4. The van der Waals surface area contributed by atoms with Gasteiger partial charge in [-0.05, 0) is 11.5 Å². The summed E-state index contributed by atoms with van der Waals surface area (Å²) in [6.45, 7) is 11.7. The molecule has 0 aromatic carbocycles. The van der Waals surface area contributed by atoms with Gasteiger partial charge in [0.25, 0.3) is 0 Å². The van der Waals surface area contributed by atoms with E-state index in [1.165, 1.54) is 19.2 Å². The van der Waals surface area contributed by atoms with Gasteiger partial charge >= 0.3 is 5.97 Å². The number of carbonyl (C=O) groups excluding carboxylic acids is 1. The molecule has 0 aliphatic carbocycles. The van der Waals surface area contributed by atoms with Gasteiger partial charge in [-0.1, -0.05) is 46.0 Å². The lowest BCUT2D eigenvalue weighted by molar-refractivity contribution is -0.134. The molecule has 0 spiro atoms. The summed E-state index contributed by atoms with van der Waals surface area (Å²) in [6, 6.07) is 1.21. The van der Waals surface area contributed by atoms with Crippen molar-refractivity contribution in [3.8, 4) is 0 Å². The third-order valence-electron chi connectivity index (χ3n) is 3.42. The second-order valence-electron chi connectivity index (χ2n) is 5.60. The number of rotatable bonds is 4. The van der Waals surface area contributed by atoms with E-state index in [2.05, 4.69) is 38.6 Å². The lowest BCUT2D eigenvalue weighted by atomic mass is 10.2. The molecule has 0 saturated heterocycles. The largest absolute Gasteiger partial charge is 0.466 e. The first-order valence-corrected chi connectivity index (χ1v) is 8.66. The Labute approximate surface area is 94.7 Å². The van der Waals surface area contributed by atoms with Gasteiger partial charge in [-0.2, -0.15) is 0 Å². The Hall–Kier alpha value is -0.573. The molecule has 0 heterocycles. The number of carbonyl (C=O) groups is 1. The summed E-state index contributed by atoms with van der Waals surface area (Å²) in [5.41, 5.74) is 0. The Bertz CT molecular complexity index is 236. The molecule has 0 aromatic rings. The van der Waals surface area contributed by atoms with Crippen LogP contribution in [0.15, 0.2) is 12.2 Å². The van der Waals surface area contributed by atoms with Crippen LogP contribution in [0.1, 0.15) is 27.2 Å². The van der Waals surface area contributed by atoms with E-state index in [9.17, 15) is 4.79 Å². The van der Waals surface area contributed by atoms with Crippen LogP contribution < -0.4 is 0 Å². The number of esters is 1. The van der Waals surface area contributed by atoms with E-state index in [4.69, 9.17) is 0 Å². The van der Waals surface area contributed by atoms with E-state index < -0.39 is 8.07 Å². The monoisotopic (exact) mass is 228 g/mol. The molecule has 0 aliphatic heterocycles. The maximum absolute atomic E-state index is 10.8. The zero-order chi connectivity index (χ0) is 12.1. The van der Waals surface area contributed by atoms with E-state index in [1.54, 1.807) is 0 Å². The minimum atomic E-state index is -1.19. The van der Waals surface area contributed by atoms with Gasteiger partial charge in [-0.15, -0.1) is 0 Å². The fourth-order valence-electron chi connectivity index (χ4n) is 1.07. The minimum Gasteiger partial charge on any atom is -0.466 e. The molecule has 0 aliphatic rings. The van der Waals surface area contributed by atoms with Crippen molar-refractivity contribution in [2.75, 3.05) is 7.11 Å². The molecule has 0 bridgehead atoms. The van der Waals surface area contributed by atoms with Crippen LogP contribution >= 0.6 is 0 Å². The third-order valence-corrected chi connectivity index (χ3v) is 9.02. The first-order chi connectivity index (χ1) is 6.70. The summed E-state index contributed by atoms with van der Waals surface area (Å²) in [5.74, 6) is -0.259. The number of hydrogen-bond acceptors (Lipinski definition) is 2. The molecule has 0 N–H and O–H groups in total. The van der Waals surface area contributed by atoms with Crippen molar-refractivity contribution in [2.24, 2.45) is 0 Å². The van der Waals surface area contributed by atoms with Gasteiger partial charge in [-0.25, -0.2) is 4.79 Å². The number of allylic oxidation sites excluding steroid dienone is 1. The highest BCUT2D eigenvalue weighted by molar-refractivity contribution is 6.80. The van der Waals surface area contributed by atoms with E-state index >= 15 is 0 Å². The molecule has 0 unspecified atom stereocenters.